The molecule has 11 heteroatoms. The van der Waals surface area contributed by atoms with E-state index >= 15 is 0 Å². The fraction of sp³-hybridized carbons (Fsp3) is 0.231. The van der Waals surface area contributed by atoms with Gasteiger partial charge in [0.25, 0.3) is 0 Å². The Kier molecular flexibility index (Phi) is 4.21. The molecule has 0 atom stereocenters. The molecule has 0 fully saturated rings. The molecule has 0 bridgehead atoms. The first-order valence-corrected chi connectivity index (χ1v) is 7.52. The Labute approximate surface area is 131 Å². The molecule has 0 saturated carbocycles. The predicted molar refractivity (Wildman–Crippen MR) is 71.0 cm³/mol. The van der Waals surface area contributed by atoms with Crippen molar-refractivity contribution in [3.05, 3.63) is 42.5 Å². The summed E-state index contributed by atoms with van der Waals surface area (Å²) < 4.78 is 113. The first-order valence-electron chi connectivity index (χ1n) is 6.08. The van der Waals surface area contributed by atoms with Gasteiger partial charge in [0.1, 0.15) is 5.75 Å². The molecular weight excluding hydrogens is 366 g/mol. The van der Waals surface area contributed by atoms with Gasteiger partial charge < -0.3 is 4.74 Å². The summed E-state index contributed by atoms with van der Waals surface area (Å²) in [6.45, 7) is 0. The predicted octanol–water partition coefficient (Wildman–Crippen LogP) is 3.93. The second-order valence-electron chi connectivity index (χ2n) is 4.66. The van der Waals surface area contributed by atoms with Crippen LogP contribution in [0.25, 0.3) is 10.8 Å². The average molecular weight is 374 g/mol. The van der Waals surface area contributed by atoms with Gasteiger partial charge >= 0.3 is 27.4 Å². The molecule has 4 nitrogen and oxygen atoms in total. The van der Waals surface area contributed by atoms with Crippen LogP contribution >= 0.6 is 0 Å². The Balaban J connectivity index is 2.50. The van der Waals surface area contributed by atoms with E-state index in [0.29, 0.717) is 0 Å². The normalized spacial score (nSPS) is 14.0. The third-order valence-corrected chi connectivity index (χ3v) is 3.95. The maximum absolute atomic E-state index is 13.6. The van der Waals surface area contributed by atoms with Crippen LogP contribution in [-0.2, 0) is 10.1 Å². The van der Waals surface area contributed by atoms with Crippen molar-refractivity contribution in [1.29, 1.82) is 0 Å². The summed E-state index contributed by atoms with van der Waals surface area (Å²) in [6.07, 6.45) is -5.93. The molecule has 0 heterocycles. The Bertz CT molecular complexity index is 860. The van der Waals surface area contributed by atoms with E-state index in [9.17, 15) is 34.8 Å². The van der Waals surface area contributed by atoms with Crippen LogP contribution in [-0.4, -0.2) is 30.3 Å². The number of hydrogen-bond acceptors (Lipinski definition) is 3. The average Bonchev–Trinajstić information content (AvgIpc) is 2.45. The Hall–Kier alpha value is -2.01. The summed E-state index contributed by atoms with van der Waals surface area (Å²) in [5.41, 5.74) is 0. The molecule has 2 aromatic rings. The van der Waals surface area contributed by atoms with Gasteiger partial charge in [-0.3, -0.25) is 4.55 Å². The van der Waals surface area contributed by atoms with Gasteiger partial charge in [0.15, 0.2) is 0 Å². The van der Waals surface area contributed by atoms with E-state index < -0.39 is 33.2 Å². The van der Waals surface area contributed by atoms with E-state index in [1.54, 1.807) is 0 Å². The van der Waals surface area contributed by atoms with Crippen molar-refractivity contribution in [2.45, 2.75) is 17.3 Å². The zero-order valence-corrected chi connectivity index (χ0v) is 12.2. The highest BCUT2D eigenvalue weighted by atomic mass is 32.2. The molecule has 2 rings (SSSR count). The number of hydrogen-bond donors (Lipinski definition) is 1. The van der Waals surface area contributed by atoms with Crippen LogP contribution in [0.2, 0.25) is 0 Å². The minimum atomic E-state index is -6.82. The van der Waals surface area contributed by atoms with Crippen LogP contribution < -0.4 is 4.74 Å². The molecule has 1 N–H and O–H groups in total. The van der Waals surface area contributed by atoms with Gasteiger partial charge in [-0.25, -0.2) is 0 Å². The zero-order chi connectivity index (χ0) is 18.4. The van der Waals surface area contributed by atoms with Crippen LogP contribution in [0, 0.1) is 0 Å². The molecule has 0 aliphatic carbocycles. The second kappa shape index (κ2) is 5.52. The van der Waals surface area contributed by atoms with E-state index in [4.69, 9.17) is 4.55 Å². The first kappa shape index (κ1) is 18.3. The summed E-state index contributed by atoms with van der Waals surface area (Å²) in [5, 5.41) is -6.27. The fourth-order valence-corrected chi connectivity index (χ4v) is 2.26. The molecule has 0 spiro atoms. The molecule has 0 aliphatic rings. The number of rotatable bonds is 5. The molecular formula is C13H8F6O4S. The number of benzene rings is 2. The van der Waals surface area contributed by atoms with Gasteiger partial charge in [0.05, 0.1) is 0 Å². The Morgan fingerprint density at radius 3 is 2.00 bits per heavy atom. The van der Waals surface area contributed by atoms with Gasteiger partial charge in [-0.1, -0.05) is 36.4 Å². The fourth-order valence-electron chi connectivity index (χ4n) is 1.82. The highest BCUT2D eigenvalue weighted by molar-refractivity contribution is 7.87. The summed E-state index contributed by atoms with van der Waals surface area (Å²) >= 11 is 0. The van der Waals surface area contributed by atoms with Crippen molar-refractivity contribution in [2.75, 3.05) is 0 Å². The minimum absolute atomic E-state index is 0.0920. The molecule has 0 aromatic heterocycles. The zero-order valence-electron chi connectivity index (χ0n) is 11.4. The molecule has 24 heavy (non-hydrogen) atoms. The smallest absolute Gasteiger partial charge is 0.427 e. The SMILES string of the molecule is O=S(=O)(O)C(F)(F)C(F)(F)C(F)(F)Oc1cccc2ccccc12. The molecule has 132 valence electrons. The van der Waals surface area contributed by atoms with Crippen LogP contribution in [0.4, 0.5) is 26.3 Å². The van der Waals surface area contributed by atoms with Gasteiger partial charge in [-0.05, 0) is 11.5 Å². The number of alkyl halides is 6. The van der Waals surface area contributed by atoms with E-state index in [2.05, 4.69) is 4.74 Å². The quantitative estimate of drug-likeness (QED) is 0.636. The van der Waals surface area contributed by atoms with E-state index in [1.165, 1.54) is 30.3 Å². The standard InChI is InChI=1S/C13H8F6O4S/c14-11(15,13(18,19)24(20,21)22)12(16,17)23-10-7-3-5-8-4-1-2-6-9(8)10/h1-7H,(H,20,21,22). The van der Waals surface area contributed by atoms with Crippen molar-refractivity contribution in [3.8, 4) is 5.75 Å². The van der Waals surface area contributed by atoms with Gasteiger partial charge in [-0.15, -0.1) is 0 Å². The van der Waals surface area contributed by atoms with E-state index in [1.807, 2.05) is 0 Å². The van der Waals surface area contributed by atoms with Crippen molar-refractivity contribution in [3.63, 3.8) is 0 Å². The minimum Gasteiger partial charge on any atom is -0.427 e. The summed E-state index contributed by atoms with van der Waals surface area (Å²) in [6, 6.07) is 8.88. The van der Waals surface area contributed by atoms with Crippen LogP contribution in [0.1, 0.15) is 0 Å². The Morgan fingerprint density at radius 2 is 1.42 bits per heavy atom. The second-order valence-corrected chi connectivity index (χ2v) is 6.13. The third-order valence-electron chi connectivity index (χ3n) is 3.04. The highest BCUT2D eigenvalue weighted by Gasteiger charge is 2.79. The molecule has 0 aliphatic heterocycles. The first-order chi connectivity index (χ1) is 10.8. The van der Waals surface area contributed by atoms with Crippen molar-refractivity contribution < 1.29 is 44.0 Å². The van der Waals surface area contributed by atoms with Crippen molar-refractivity contribution in [2.24, 2.45) is 0 Å². The lowest BCUT2D eigenvalue weighted by molar-refractivity contribution is -0.352. The summed E-state index contributed by atoms with van der Waals surface area (Å²) in [5.74, 6) is -7.41. The van der Waals surface area contributed by atoms with Crippen LogP contribution in [0.5, 0.6) is 5.75 Å². The molecule has 0 radical (unpaired) electrons. The largest absolute Gasteiger partial charge is 0.472 e. The monoisotopic (exact) mass is 374 g/mol. The van der Waals surface area contributed by atoms with Gasteiger partial charge in [-0.2, -0.15) is 34.8 Å². The third kappa shape index (κ3) is 2.77. The van der Waals surface area contributed by atoms with E-state index in [-0.39, 0.29) is 10.8 Å². The molecule has 0 amide bonds. The molecule has 0 unspecified atom stereocenters. The lowest BCUT2D eigenvalue weighted by Gasteiger charge is -2.30. The lowest BCUT2D eigenvalue weighted by Crippen LogP contribution is -2.59. The maximum atomic E-state index is 13.6. The number of fused-ring (bicyclic) bond motifs is 1. The number of ether oxygens (including phenoxy) is 1. The van der Waals surface area contributed by atoms with Crippen molar-refractivity contribution in [1.82, 2.24) is 0 Å². The van der Waals surface area contributed by atoms with Crippen LogP contribution in [0.15, 0.2) is 42.5 Å². The molecule has 2 aromatic carbocycles. The van der Waals surface area contributed by atoms with Crippen molar-refractivity contribution >= 4 is 20.9 Å². The van der Waals surface area contributed by atoms with E-state index in [0.717, 1.165) is 12.1 Å². The van der Waals surface area contributed by atoms with Gasteiger partial charge in [0, 0.05) is 5.39 Å². The number of halogens is 6. The Morgan fingerprint density at radius 1 is 0.875 bits per heavy atom. The van der Waals surface area contributed by atoms with Gasteiger partial charge in [0.2, 0.25) is 0 Å². The topological polar surface area (TPSA) is 63.6 Å². The molecule has 0 saturated heterocycles. The lowest BCUT2D eigenvalue weighted by atomic mass is 10.1. The summed E-state index contributed by atoms with van der Waals surface area (Å²) in [7, 11) is -6.82. The highest BCUT2D eigenvalue weighted by Crippen LogP contribution is 2.49. The summed E-state index contributed by atoms with van der Waals surface area (Å²) in [4.78, 5) is 0. The maximum Gasteiger partial charge on any atom is 0.472 e. The van der Waals surface area contributed by atoms with Crippen LogP contribution in [0.3, 0.4) is 0 Å².